The zero-order valence-corrected chi connectivity index (χ0v) is 11.0. The van der Waals surface area contributed by atoms with Crippen molar-refractivity contribution in [3.63, 3.8) is 0 Å². The molecule has 19 heavy (non-hydrogen) atoms. The Morgan fingerprint density at radius 2 is 1.84 bits per heavy atom. The van der Waals surface area contributed by atoms with Gasteiger partial charge in [-0.1, -0.05) is 42.5 Å². The molecule has 1 aromatic heterocycles. The van der Waals surface area contributed by atoms with Gasteiger partial charge in [-0.05, 0) is 41.9 Å². The van der Waals surface area contributed by atoms with E-state index >= 15 is 0 Å². The van der Waals surface area contributed by atoms with Gasteiger partial charge in [-0.2, -0.15) is 0 Å². The van der Waals surface area contributed by atoms with Gasteiger partial charge in [0.05, 0.1) is 12.3 Å². The predicted molar refractivity (Wildman–Crippen MR) is 78.2 cm³/mol. The first-order valence-electron chi connectivity index (χ1n) is 6.56. The second-order valence-corrected chi connectivity index (χ2v) is 4.70. The number of fused-ring (bicyclic) bond motifs is 1. The summed E-state index contributed by atoms with van der Waals surface area (Å²) in [6.07, 6.45) is 2.65. The van der Waals surface area contributed by atoms with Gasteiger partial charge in [0, 0.05) is 0 Å². The van der Waals surface area contributed by atoms with Crippen molar-refractivity contribution >= 4 is 10.8 Å². The van der Waals surface area contributed by atoms with Crippen LogP contribution in [0.2, 0.25) is 0 Å². The third-order valence-corrected chi connectivity index (χ3v) is 3.54. The maximum Gasteiger partial charge on any atom is 0.121 e. The lowest BCUT2D eigenvalue weighted by Crippen LogP contribution is -2.18. The lowest BCUT2D eigenvalue weighted by atomic mass is 9.98. The Kier molecular flexibility index (Phi) is 3.34. The van der Waals surface area contributed by atoms with Crippen molar-refractivity contribution in [1.29, 1.82) is 0 Å². The Labute approximate surface area is 113 Å². The van der Waals surface area contributed by atoms with Crippen molar-refractivity contribution in [3.05, 3.63) is 72.2 Å². The van der Waals surface area contributed by atoms with Crippen LogP contribution >= 0.6 is 0 Å². The van der Waals surface area contributed by atoms with Gasteiger partial charge in [0.15, 0.2) is 0 Å². The maximum atomic E-state index is 5.51. The van der Waals surface area contributed by atoms with Crippen LogP contribution in [-0.2, 0) is 6.42 Å². The largest absolute Gasteiger partial charge is 0.468 e. The molecule has 0 aliphatic rings. The second kappa shape index (κ2) is 5.29. The quantitative estimate of drug-likeness (QED) is 0.760. The maximum absolute atomic E-state index is 5.51. The normalized spacial score (nSPS) is 12.7. The van der Waals surface area contributed by atoms with Crippen LogP contribution in [-0.4, -0.2) is 7.05 Å². The smallest absolute Gasteiger partial charge is 0.121 e. The lowest BCUT2D eigenvalue weighted by Gasteiger charge is -2.15. The van der Waals surface area contributed by atoms with E-state index in [1.165, 1.54) is 16.3 Å². The van der Waals surface area contributed by atoms with Gasteiger partial charge in [0.25, 0.3) is 0 Å². The molecule has 0 unspecified atom stereocenters. The highest BCUT2D eigenvalue weighted by molar-refractivity contribution is 5.85. The van der Waals surface area contributed by atoms with E-state index in [1.54, 1.807) is 6.26 Å². The molecule has 0 spiro atoms. The number of likely N-dealkylation sites (N-methyl/N-ethyl adjacent to an activating group) is 1. The van der Waals surface area contributed by atoms with E-state index in [4.69, 9.17) is 4.42 Å². The molecule has 2 nitrogen and oxygen atoms in total. The van der Waals surface area contributed by atoms with Gasteiger partial charge >= 0.3 is 0 Å². The highest BCUT2D eigenvalue weighted by Gasteiger charge is 2.13. The molecule has 0 bridgehead atoms. The van der Waals surface area contributed by atoms with Crippen molar-refractivity contribution in [2.75, 3.05) is 7.05 Å². The predicted octanol–water partition coefficient (Wildman–Crippen LogP) is 3.94. The van der Waals surface area contributed by atoms with Crippen LogP contribution < -0.4 is 5.32 Å². The van der Waals surface area contributed by atoms with E-state index in [1.807, 2.05) is 19.2 Å². The van der Waals surface area contributed by atoms with Gasteiger partial charge in [0.1, 0.15) is 5.76 Å². The Balaban J connectivity index is 1.96. The molecule has 2 heteroatoms. The Hall–Kier alpha value is -2.06. The number of benzene rings is 2. The Morgan fingerprint density at radius 3 is 2.63 bits per heavy atom. The topological polar surface area (TPSA) is 25.2 Å². The molecule has 2 aromatic carbocycles. The monoisotopic (exact) mass is 251 g/mol. The first kappa shape index (κ1) is 12.0. The van der Waals surface area contributed by atoms with Crippen LogP contribution in [0.3, 0.4) is 0 Å². The molecule has 0 fully saturated rings. The average Bonchev–Trinajstić information content (AvgIpc) is 2.99. The molecule has 0 saturated carbocycles. The van der Waals surface area contributed by atoms with Crippen LogP contribution in [0.15, 0.2) is 65.3 Å². The van der Waals surface area contributed by atoms with Crippen LogP contribution in [0.5, 0.6) is 0 Å². The van der Waals surface area contributed by atoms with Gasteiger partial charge in [-0.3, -0.25) is 0 Å². The van der Waals surface area contributed by atoms with E-state index < -0.39 is 0 Å². The molecule has 0 amide bonds. The molecule has 96 valence electrons. The molecule has 3 aromatic rings. The first-order chi connectivity index (χ1) is 9.38. The number of hydrogen-bond donors (Lipinski definition) is 1. The fourth-order valence-electron chi connectivity index (χ4n) is 2.52. The minimum atomic E-state index is 0.209. The highest BCUT2D eigenvalue weighted by atomic mass is 16.3. The van der Waals surface area contributed by atoms with E-state index in [9.17, 15) is 0 Å². The SMILES string of the molecule is CN[C@H](Cc1cccc2ccccc12)c1ccco1. The molecule has 0 aliphatic carbocycles. The summed E-state index contributed by atoms with van der Waals surface area (Å²) in [5.74, 6) is 0.982. The summed E-state index contributed by atoms with van der Waals surface area (Å²) in [5, 5.41) is 5.93. The first-order valence-corrected chi connectivity index (χ1v) is 6.56. The van der Waals surface area contributed by atoms with Gasteiger partial charge in [-0.25, -0.2) is 0 Å². The number of hydrogen-bond acceptors (Lipinski definition) is 2. The number of rotatable bonds is 4. The minimum Gasteiger partial charge on any atom is -0.468 e. The molecule has 3 rings (SSSR count). The van der Waals surface area contributed by atoms with Crippen LogP contribution in [0.1, 0.15) is 17.4 Å². The molecular formula is C17H17NO. The summed E-state index contributed by atoms with van der Waals surface area (Å²) in [7, 11) is 1.97. The standard InChI is InChI=1S/C17H17NO/c1-18-16(17-10-5-11-19-17)12-14-8-4-7-13-6-2-3-9-15(13)14/h2-11,16,18H,12H2,1H3/t16-/m1/s1. The highest BCUT2D eigenvalue weighted by Crippen LogP contribution is 2.24. The molecular weight excluding hydrogens is 234 g/mol. The fraction of sp³-hybridized carbons (Fsp3) is 0.176. The number of furan rings is 1. The minimum absolute atomic E-state index is 0.209. The molecule has 0 aliphatic heterocycles. The van der Waals surface area contributed by atoms with E-state index in [2.05, 4.69) is 47.8 Å². The van der Waals surface area contributed by atoms with Gasteiger partial charge in [-0.15, -0.1) is 0 Å². The van der Waals surface area contributed by atoms with Crippen molar-refractivity contribution in [2.24, 2.45) is 0 Å². The van der Waals surface area contributed by atoms with Crippen molar-refractivity contribution in [1.82, 2.24) is 5.32 Å². The molecule has 0 radical (unpaired) electrons. The summed E-state index contributed by atoms with van der Waals surface area (Å²) in [6.45, 7) is 0. The van der Waals surface area contributed by atoms with E-state index in [0.717, 1.165) is 12.2 Å². The average molecular weight is 251 g/mol. The van der Waals surface area contributed by atoms with Gasteiger partial charge in [0.2, 0.25) is 0 Å². The summed E-state index contributed by atoms with van der Waals surface area (Å²) in [6, 6.07) is 19.1. The molecule has 1 N–H and O–H groups in total. The van der Waals surface area contributed by atoms with Crippen LogP contribution in [0, 0.1) is 0 Å². The zero-order valence-electron chi connectivity index (χ0n) is 11.0. The molecule has 0 saturated heterocycles. The van der Waals surface area contributed by atoms with Crippen molar-refractivity contribution < 1.29 is 4.42 Å². The Bertz CT molecular complexity index is 653. The van der Waals surface area contributed by atoms with E-state index in [-0.39, 0.29) is 6.04 Å². The van der Waals surface area contributed by atoms with Crippen molar-refractivity contribution in [3.8, 4) is 0 Å². The Morgan fingerprint density at radius 1 is 1.00 bits per heavy atom. The third-order valence-electron chi connectivity index (χ3n) is 3.54. The summed E-state index contributed by atoms with van der Waals surface area (Å²) in [4.78, 5) is 0. The summed E-state index contributed by atoms with van der Waals surface area (Å²) >= 11 is 0. The molecule has 1 atom stereocenters. The lowest BCUT2D eigenvalue weighted by molar-refractivity contribution is 0.430. The number of nitrogens with one attached hydrogen (secondary N) is 1. The van der Waals surface area contributed by atoms with Crippen LogP contribution in [0.4, 0.5) is 0 Å². The third kappa shape index (κ3) is 2.40. The second-order valence-electron chi connectivity index (χ2n) is 4.70. The van der Waals surface area contributed by atoms with E-state index in [0.29, 0.717) is 0 Å². The van der Waals surface area contributed by atoms with Crippen LogP contribution in [0.25, 0.3) is 10.8 Å². The van der Waals surface area contributed by atoms with Gasteiger partial charge < -0.3 is 9.73 Å². The van der Waals surface area contributed by atoms with Crippen molar-refractivity contribution in [2.45, 2.75) is 12.5 Å². The zero-order chi connectivity index (χ0) is 13.1. The summed E-state index contributed by atoms with van der Waals surface area (Å²) in [5.41, 5.74) is 1.34. The molecule has 1 heterocycles. The summed E-state index contributed by atoms with van der Waals surface area (Å²) < 4.78 is 5.51. The fourth-order valence-corrected chi connectivity index (χ4v) is 2.52.